The minimum atomic E-state index is -0.737. The first-order valence-electron chi connectivity index (χ1n) is 5.93. The molecule has 0 bridgehead atoms. The van der Waals surface area contributed by atoms with E-state index >= 15 is 0 Å². The molecule has 1 aromatic rings. The molecule has 16 heavy (non-hydrogen) atoms. The van der Waals surface area contributed by atoms with Gasteiger partial charge in [0, 0.05) is 11.6 Å². The Kier molecular flexibility index (Phi) is 3.27. The minimum absolute atomic E-state index is 0.335. The fraction of sp³-hybridized carbons (Fsp3) is 0.667. The Balaban J connectivity index is 2.09. The van der Waals surface area contributed by atoms with Gasteiger partial charge >= 0.3 is 5.97 Å². The van der Waals surface area contributed by atoms with Crippen molar-refractivity contribution in [2.45, 2.75) is 44.9 Å². The second-order valence-electron chi connectivity index (χ2n) is 4.73. The van der Waals surface area contributed by atoms with E-state index in [1.54, 1.807) is 13.1 Å². The van der Waals surface area contributed by atoms with Crippen LogP contribution in [0, 0.1) is 5.92 Å². The minimum Gasteiger partial charge on any atom is -0.481 e. The summed E-state index contributed by atoms with van der Waals surface area (Å²) >= 11 is 0. The molecule has 1 heterocycles. The molecule has 0 aromatic carbocycles. The summed E-state index contributed by atoms with van der Waals surface area (Å²) < 4.78 is 0. The van der Waals surface area contributed by atoms with Crippen molar-refractivity contribution in [3.05, 3.63) is 17.5 Å². The third kappa shape index (κ3) is 2.26. The lowest BCUT2D eigenvalue weighted by Crippen LogP contribution is -2.13. The van der Waals surface area contributed by atoms with Crippen molar-refractivity contribution in [1.82, 2.24) is 10.2 Å². The van der Waals surface area contributed by atoms with Crippen LogP contribution in [0.25, 0.3) is 0 Å². The largest absolute Gasteiger partial charge is 0.481 e. The maximum absolute atomic E-state index is 10.8. The molecule has 0 amide bonds. The summed E-state index contributed by atoms with van der Waals surface area (Å²) in [6.45, 7) is 1.74. The number of nitrogens with zero attached hydrogens (tertiary/aromatic N) is 1. The monoisotopic (exact) mass is 222 g/mol. The first kappa shape index (κ1) is 11.2. The van der Waals surface area contributed by atoms with Crippen molar-refractivity contribution in [2.75, 3.05) is 0 Å². The molecule has 1 atom stereocenters. The van der Waals surface area contributed by atoms with Gasteiger partial charge in [-0.05, 0) is 24.8 Å². The lowest BCUT2D eigenvalue weighted by Gasteiger charge is -2.11. The predicted octanol–water partition coefficient (Wildman–Crippen LogP) is 2.33. The summed E-state index contributed by atoms with van der Waals surface area (Å²) in [5.41, 5.74) is 2.26. The number of hydrogen-bond donors (Lipinski definition) is 2. The van der Waals surface area contributed by atoms with Crippen molar-refractivity contribution in [3.63, 3.8) is 0 Å². The smallest absolute Gasteiger partial charge is 0.306 e. The van der Waals surface area contributed by atoms with Crippen molar-refractivity contribution < 1.29 is 9.90 Å². The van der Waals surface area contributed by atoms with Gasteiger partial charge in [-0.3, -0.25) is 9.89 Å². The molecule has 1 unspecified atom stereocenters. The summed E-state index contributed by atoms with van der Waals surface area (Å²) in [5, 5.41) is 16.0. The maximum Gasteiger partial charge on any atom is 0.306 e. The van der Waals surface area contributed by atoms with E-state index in [0.717, 1.165) is 5.56 Å². The molecule has 2 rings (SSSR count). The van der Waals surface area contributed by atoms with Gasteiger partial charge in [0.2, 0.25) is 0 Å². The van der Waals surface area contributed by atoms with Gasteiger partial charge in [0.1, 0.15) is 0 Å². The normalized spacial score (nSPS) is 18.8. The Hall–Kier alpha value is -1.32. The molecule has 0 radical (unpaired) electrons. The molecule has 1 fully saturated rings. The number of nitrogens with one attached hydrogen (secondary N) is 1. The first-order valence-corrected chi connectivity index (χ1v) is 5.93. The standard InChI is InChI=1S/C12H18N2O2/c1-8(12(15)16)6-10-7-13-14-11(10)9-4-2-3-5-9/h7-9H,2-6H2,1H3,(H,13,14)(H,15,16). The van der Waals surface area contributed by atoms with Gasteiger partial charge in [0.15, 0.2) is 0 Å². The number of aromatic nitrogens is 2. The molecular formula is C12H18N2O2. The number of hydrogen-bond acceptors (Lipinski definition) is 2. The topological polar surface area (TPSA) is 66.0 Å². The van der Waals surface area contributed by atoms with Crippen LogP contribution >= 0.6 is 0 Å². The third-order valence-electron chi connectivity index (χ3n) is 3.46. The Morgan fingerprint density at radius 2 is 2.31 bits per heavy atom. The molecule has 1 saturated carbocycles. The first-order chi connectivity index (χ1) is 7.68. The molecule has 0 spiro atoms. The fourth-order valence-electron chi connectivity index (χ4n) is 2.47. The summed E-state index contributed by atoms with van der Waals surface area (Å²) in [4.78, 5) is 10.8. The molecule has 2 N–H and O–H groups in total. The van der Waals surface area contributed by atoms with Crippen LogP contribution in [0.15, 0.2) is 6.20 Å². The molecular weight excluding hydrogens is 204 g/mol. The number of rotatable bonds is 4. The molecule has 1 aliphatic rings. The van der Waals surface area contributed by atoms with Gasteiger partial charge in [0.05, 0.1) is 12.1 Å². The summed E-state index contributed by atoms with van der Waals surface area (Å²) in [6.07, 6.45) is 7.33. The van der Waals surface area contributed by atoms with Crippen LogP contribution < -0.4 is 0 Å². The SMILES string of the molecule is CC(Cc1cn[nH]c1C1CCCC1)C(=O)O. The molecule has 1 aromatic heterocycles. The highest BCUT2D eigenvalue weighted by atomic mass is 16.4. The number of carboxylic acids is 1. The Morgan fingerprint density at radius 3 is 2.94 bits per heavy atom. The molecule has 4 heteroatoms. The molecule has 1 aliphatic carbocycles. The number of H-pyrrole nitrogens is 1. The van der Waals surface area contributed by atoms with Crippen molar-refractivity contribution >= 4 is 5.97 Å². The van der Waals surface area contributed by atoms with Crippen LogP contribution in [0.5, 0.6) is 0 Å². The zero-order chi connectivity index (χ0) is 11.5. The van der Waals surface area contributed by atoms with Crippen LogP contribution in [-0.2, 0) is 11.2 Å². The zero-order valence-corrected chi connectivity index (χ0v) is 9.57. The van der Waals surface area contributed by atoms with E-state index in [9.17, 15) is 4.79 Å². The summed E-state index contributed by atoms with van der Waals surface area (Å²) in [7, 11) is 0. The van der Waals surface area contributed by atoms with Crippen LogP contribution in [0.3, 0.4) is 0 Å². The second kappa shape index (κ2) is 4.68. The Bertz CT molecular complexity index is 367. The molecule has 88 valence electrons. The Morgan fingerprint density at radius 1 is 1.62 bits per heavy atom. The van der Waals surface area contributed by atoms with Crippen LogP contribution in [0.1, 0.15) is 49.8 Å². The Labute approximate surface area is 95.1 Å². The highest BCUT2D eigenvalue weighted by molar-refractivity contribution is 5.69. The van der Waals surface area contributed by atoms with Gasteiger partial charge in [0.25, 0.3) is 0 Å². The van der Waals surface area contributed by atoms with Gasteiger partial charge in [-0.15, -0.1) is 0 Å². The van der Waals surface area contributed by atoms with E-state index in [2.05, 4.69) is 10.2 Å². The third-order valence-corrected chi connectivity index (χ3v) is 3.46. The van der Waals surface area contributed by atoms with Crippen LogP contribution in [0.4, 0.5) is 0 Å². The van der Waals surface area contributed by atoms with E-state index in [1.165, 1.54) is 31.4 Å². The number of aromatic amines is 1. The average Bonchev–Trinajstić information content (AvgIpc) is 2.85. The highest BCUT2D eigenvalue weighted by Gasteiger charge is 2.23. The fourth-order valence-corrected chi connectivity index (χ4v) is 2.47. The van der Waals surface area contributed by atoms with Gasteiger partial charge < -0.3 is 5.11 Å². The molecule has 4 nitrogen and oxygen atoms in total. The van der Waals surface area contributed by atoms with Gasteiger partial charge in [-0.1, -0.05) is 19.8 Å². The van der Waals surface area contributed by atoms with Gasteiger partial charge in [-0.2, -0.15) is 5.10 Å². The van der Waals surface area contributed by atoms with E-state index in [1.807, 2.05) is 0 Å². The summed E-state index contributed by atoms with van der Waals surface area (Å²) in [5.74, 6) is -0.505. The van der Waals surface area contributed by atoms with Crippen LogP contribution in [0.2, 0.25) is 0 Å². The number of carbonyl (C=O) groups is 1. The average molecular weight is 222 g/mol. The zero-order valence-electron chi connectivity index (χ0n) is 9.57. The van der Waals surface area contributed by atoms with Crippen molar-refractivity contribution in [3.8, 4) is 0 Å². The highest BCUT2D eigenvalue weighted by Crippen LogP contribution is 2.35. The van der Waals surface area contributed by atoms with E-state index in [4.69, 9.17) is 5.11 Å². The van der Waals surface area contributed by atoms with Crippen molar-refractivity contribution in [1.29, 1.82) is 0 Å². The van der Waals surface area contributed by atoms with Crippen LogP contribution in [-0.4, -0.2) is 21.3 Å². The number of aliphatic carboxylic acids is 1. The lowest BCUT2D eigenvalue weighted by atomic mass is 9.95. The number of carboxylic acid groups (broad SMARTS) is 1. The second-order valence-corrected chi connectivity index (χ2v) is 4.73. The van der Waals surface area contributed by atoms with E-state index < -0.39 is 5.97 Å². The van der Waals surface area contributed by atoms with E-state index in [-0.39, 0.29) is 5.92 Å². The predicted molar refractivity (Wildman–Crippen MR) is 60.3 cm³/mol. The molecule has 0 saturated heterocycles. The van der Waals surface area contributed by atoms with E-state index in [0.29, 0.717) is 12.3 Å². The van der Waals surface area contributed by atoms with Crippen molar-refractivity contribution in [2.24, 2.45) is 5.92 Å². The summed E-state index contributed by atoms with van der Waals surface area (Å²) in [6, 6.07) is 0. The maximum atomic E-state index is 10.8. The molecule has 0 aliphatic heterocycles. The quantitative estimate of drug-likeness (QED) is 0.821. The van der Waals surface area contributed by atoms with Gasteiger partial charge in [-0.25, -0.2) is 0 Å². The lowest BCUT2D eigenvalue weighted by molar-refractivity contribution is -0.141.